The molecule has 1 N–H and O–H groups in total. The predicted molar refractivity (Wildman–Crippen MR) is 84.1 cm³/mol. The normalized spacial score (nSPS) is 14.1. The van der Waals surface area contributed by atoms with Crippen LogP contribution >= 0.6 is 11.6 Å². The Labute approximate surface area is 134 Å². The topological polar surface area (TPSA) is 69.7 Å². The molecular weight excluding hydrogens is 306 g/mol. The van der Waals surface area contributed by atoms with E-state index in [1.54, 1.807) is 37.2 Å². The van der Waals surface area contributed by atoms with E-state index in [2.05, 4.69) is 5.32 Å². The van der Waals surface area contributed by atoms with Crippen molar-refractivity contribution >= 4 is 35.0 Å². The Hall–Kier alpha value is -2.08. The highest BCUT2D eigenvalue weighted by Crippen LogP contribution is 2.30. The van der Waals surface area contributed by atoms with Gasteiger partial charge in [-0.1, -0.05) is 11.6 Å². The van der Waals surface area contributed by atoms with Crippen molar-refractivity contribution < 1.29 is 14.4 Å². The molecule has 7 heteroatoms. The second-order valence-electron chi connectivity index (χ2n) is 5.29. The largest absolute Gasteiger partial charge is 0.347 e. The molecule has 3 amide bonds. The van der Waals surface area contributed by atoms with Crippen LogP contribution in [0.5, 0.6) is 0 Å². The molecule has 0 atom stereocenters. The van der Waals surface area contributed by atoms with Gasteiger partial charge in [-0.2, -0.15) is 0 Å². The summed E-state index contributed by atoms with van der Waals surface area (Å²) in [7, 11) is 3.24. The fourth-order valence-electron chi connectivity index (χ4n) is 2.18. The average molecular weight is 324 g/mol. The lowest BCUT2D eigenvalue weighted by atomic mass is 10.1. The molecule has 1 aromatic rings. The van der Waals surface area contributed by atoms with Crippen LogP contribution in [-0.4, -0.2) is 49.8 Å². The number of nitrogens with zero attached hydrogens (tertiary/aromatic N) is 2. The zero-order valence-corrected chi connectivity index (χ0v) is 13.3. The van der Waals surface area contributed by atoms with Crippen LogP contribution in [0.3, 0.4) is 0 Å². The van der Waals surface area contributed by atoms with E-state index in [0.29, 0.717) is 29.2 Å². The fourth-order valence-corrected chi connectivity index (χ4v) is 2.40. The van der Waals surface area contributed by atoms with Crippen LogP contribution in [0.15, 0.2) is 18.2 Å². The molecule has 1 heterocycles. The van der Waals surface area contributed by atoms with Gasteiger partial charge in [0.05, 0.1) is 17.3 Å². The summed E-state index contributed by atoms with van der Waals surface area (Å²) in [5, 5.41) is 2.98. The van der Waals surface area contributed by atoms with Gasteiger partial charge in [-0.25, -0.2) is 0 Å². The number of anilines is 1. The Morgan fingerprint density at radius 1 is 1.36 bits per heavy atom. The van der Waals surface area contributed by atoms with Crippen LogP contribution in [0.2, 0.25) is 5.02 Å². The summed E-state index contributed by atoms with van der Waals surface area (Å²) in [5.74, 6) is -0.570. The van der Waals surface area contributed by atoms with Gasteiger partial charge in [0, 0.05) is 32.6 Å². The van der Waals surface area contributed by atoms with Gasteiger partial charge in [0.1, 0.15) is 0 Å². The van der Waals surface area contributed by atoms with Crippen molar-refractivity contribution in [3.8, 4) is 0 Å². The van der Waals surface area contributed by atoms with Crippen molar-refractivity contribution in [2.24, 2.45) is 0 Å². The molecule has 0 saturated carbocycles. The van der Waals surface area contributed by atoms with E-state index in [1.807, 2.05) is 0 Å². The maximum absolute atomic E-state index is 12.1. The Morgan fingerprint density at radius 2 is 2.09 bits per heavy atom. The predicted octanol–water partition coefficient (Wildman–Crippen LogP) is 1.28. The molecule has 2 rings (SSSR count). The first kappa shape index (κ1) is 16.3. The van der Waals surface area contributed by atoms with Crippen LogP contribution in [-0.2, 0) is 9.59 Å². The van der Waals surface area contributed by atoms with E-state index in [4.69, 9.17) is 11.6 Å². The van der Waals surface area contributed by atoms with Crippen molar-refractivity contribution in [1.29, 1.82) is 0 Å². The molecule has 118 valence electrons. The summed E-state index contributed by atoms with van der Waals surface area (Å²) >= 11 is 6.13. The number of rotatable bonds is 4. The number of likely N-dealkylation sites (N-methyl/N-ethyl adjacent to an activating group) is 1. The molecule has 1 aliphatic rings. The standard InChI is InChI=1S/C15H18ClN3O3/c1-18(2)14(21)9-17-15(22)10-5-6-11(16)12(8-10)19-7-3-4-13(19)20/h5-6,8H,3-4,7,9H2,1-2H3,(H,17,22). The number of hydrogen-bond donors (Lipinski definition) is 1. The third-order valence-corrected chi connectivity index (χ3v) is 3.79. The van der Waals surface area contributed by atoms with E-state index in [1.165, 1.54) is 4.90 Å². The number of halogens is 1. The molecule has 22 heavy (non-hydrogen) atoms. The third kappa shape index (κ3) is 3.57. The average Bonchev–Trinajstić information content (AvgIpc) is 2.90. The summed E-state index contributed by atoms with van der Waals surface area (Å²) in [5.41, 5.74) is 0.904. The molecule has 1 fully saturated rings. The zero-order chi connectivity index (χ0) is 16.3. The van der Waals surface area contributed by atoms with Crippen LogP contribution in [0.4, 0.5) is 5.69 Å². The summed E-state index contributed by atoms with van der Waals surface area (Å²) in [4.78, 5) is 38.4. The monoisotopic (exact) mass is 323 g/mol. The molecule has 0 unspecified atom stereocenters. The smallest absolute Gasteiger partial charge is 0.251 e. The Balaban J connectivity index is 2.13. The minimum atomic E-state index is -0.375. The number of benzene rings is 1. The molecule has 0 aliphatic carbocycles. The van der Waals surface area contributed by atoms with Crippen molar-refractivity contribution in [2.45, 2.75) is 12.8 Å². The Morgan fingerprint density at radius 3 is 2.68 bits per heavy atom. The molecule has 0 radical (unpaired) electrons. The first-order valence-corrected chi connectivity index (χ1v) is 7.36. The van der Waals surface area contributed by atoms with Gasteiger partial charge in [0.15, 0.2) is 0 Å². The molecular formula is C15H18ClN3O3. The first-order chi connectivity index (χ1) is 10.4. The van der Waals surface area contributed by atoms with Crippen molar-refractivity contribution in [3.63, 3.8) is 0 Å². The molecule has 1 aromatic carbocycles. The van der Waals surface area contributed by atoms with Gasteiger partial charge in [-0.05, 0) is 24.6 Å². The van der Waals surface area contributed by atoms with E-state index in [-0.39, 0.29) is 24.3 Å². The Bertz CT molecular complexity index is 616. The van der Waals surface area contributed by atoms with Crippen molar-refractivity contribution in [3.05, 3.63) is 28.8 Å². The van der Waals surface area contributed by atoms with Crippen LogP contribution in [0.25, 0.3) is 0 Å². The zero-order valence-electron chi connectivity index (χ0n) is 12.6. The lowest BCUT2D eigenvalue weighted by Gasteiger charge is -2.18. The molecule has 0 aromatic heterocycles. The molecule has 6 nitrogen and oxygen atoms in total. The molecule has 0 spiro atoms. The van der Waals surface area contributed by atoms with Gasteiger partial charge in [-0.15, -0.1) is 0 Å². The number of carbonyl (C=O) groups excluding carboxylic acids is 3. The third-order valence-electron chi connectivity index (χ3n) is 3.47. The van der Waals surface area contributed by atoms with E-state index < -0.39 is 0 Å². The van der Waals surface area contributed by atoms with Gasteiger partial charge in [0.25, 0.3) is 5.91 Å². The van der Waals surface area contributed by atoms with Crippen molar-refractivity contribution in [2.75, 3.05) is 32.1 Å². The number of hydrogen-bond acceptors (Lipinski definition) is 3. The number of nitrogens with one attached hydrogen (secondary N) is 1. The highest BCUT2D eigenvalue weighted by Gasteiger charge is 2.24. The lowest BCUT2D eigenvalue weighted by molar-refractivity contribution is -0.127. The summed E-state index contributed by atoms with van der Waals surface area (Å²) in [6, 6.07) is 4.74. The summed E-state index contributed by atoms with van der Waals surface area (Å²) in [6.45, 7) is 0.523. The second-order valence-corrected chi connectivity index (χ2v) is 5.69. The van der Waals surface area contributed by atoms with Gasteiger partial charge in [-0.3, -0.25) is 14.4 Å². The molecule has 1 saturated heterocycles. The van der Waals surface area contributed by atoms with Gasteiger partial charge in [0.2, 0.25) is 11.8 Å². The van der Waals surface area contributed by atoms with E-state index in [9.17, 15) is 14.4 Å². The number of amides is 3. The van der Waals surface area contributed by atoms with Crippen LogP contribution in [0, 0.1) is 0 Å². The molecule has 0 bridgehead atoms. The van der Waals surface area contributed by atoms with Crippen LogP contribution in [0.1, 0.15) is 23.2 Å². The molecule has 1 aliphatic heterocycles. The van der Waals surface area contributed by atoms with E-state index in [0.717, 1.165) is 6.42 Å². The van der Waals surface area contributed by atoms with E-state index >= 15 is 0 Å². The van der Waals surface area contributed by atoms with Gasteiger partial charge < -0.3 is 15.1 Å². The van der Waals surface area contributed by atoms with Crippen molar-refractivity contribution in [1.82, 2.24) is 10.2 Å². The van der Waals surface area contributed by atoms with Gasteiger partial charge >= 0.3 is 0 Å². The minimum absolute atomic E-state index is 0.00208. The first-order valence-electron chi connectivity index (χ1n) is 6.98. The maximum atomic E-state index is 12.1. The summed E-state index contributed by atoms with van der Waals surface area (Å²) < 4.78 is 0. The lowest BCUT2D eigenvalue weighted by Crippen LogP contribution is -2.36. The SMILES string of the molecule is CN(C)C(=O)CNC(=O)c1ccc(Cl)c(N2CCCC2=O)c1. The Kier molecular flexibility index (Phi) is 5.03. The summed E-state index contributed by atoms with van der Waals surface area (Å²) in [6.07, 6.45) is 1.27. The quantitative estimate of drug-likeness (QED) is 0.907. The second kappa shape index (κ2) is 6.79. The fraction of sp³-hybridized carbons (Fsp3) is 0.400. The minimum Gasteiger partial charge on any atom is -0.347 e. The van der Waals surface area contributed by atoms with Crippen LogP contribution < -0.4 is 10.2 Å². The highest BCUT2D eigenvalue weighted by molar-refractivity contribution is 6.34. The number of carbonyl (C=O) groups is 3. The maximum Gasteiger partial charge on any atom is 0.251 e. The highest BCUT2D eigenvalue weighted by atomic mass is 35.5.